The first-order valence-corrected chi connectivity index (χ1v) is 6.16. The van der Waals surface area contributed by atoms with Crippen LogP contribution in [0.15, 0.2) is 0 Å². The molecule has 1 saturated carbocycles. The van der Waals surface area contributed by atoms with Crippen molar-refractivity contribution < 1.29 is 13.7 Å². The zero-order chi connectivity index (χ0) is 12.0. The molecule has 2 fully saturated rings. The van der Waals surface area contributed by atoms with Gasteiger partial charge in [-0.25, -0.2) is 0 Å². The van der Waals surface area contributed by atoms with Crippen LogP contribution in [0.3, 0.4) is 0 Å². The van der Waals surface area contributed by atoms with Crippen LogP contribution in [0.1, 0.15) is 32.1 Å². The van der Waals surface area contributed by atoms with E-state index in [-0.39, 0.29) is 6.04 Å². The summed E-state index contributed by atoms with van der Waals surface area (Å²) >= 11 is 8.53. The molecule has 1 saturated heterocycles. The summed E-state index contributed by atoms with van der Waals surface area (Å²) in [7, 11) is 0. The number of carboxylic acid groups (broad SMARTS) is 1. The van der Waals surface area contributed by atoms with E-state index < -0.39 is 5.97 Å². The van der Waals surface area contributed by atoms with Gasteiger partial charge in [0.15, 0.2) is 0 Å². The van der Waals surface area contributed by atoms with E-state index in [1.807, 2.05) is 0 Å². The molecule has 16 heavy (non-hydrogen) atoms. The van der Waals surface area contributed by atoms with Gasteiger partial charge in [-0.1, -0.05) is 19.3 Å². The van der Waals surface area contributed by atoms with Gasteiger partial charge >= 0.3 is 5.97 Å². The molecule has 3 unspecified atom stereocenters. The first kappa shape index (κ1) is 14.0. The van der Waals surface area contributed by atoms with E-state index in [9.17, 15) is 4.79 Å². The molecular formula is C10H17Cl2NO3. The van der Waals surface area contributed by atoms with Gasteiger partial charge in [0.05, 0.1) is 23.7 Å². The van der Waals surface area contributed by atoms with Gasteiger partial charge in [0.2, 0.25) is 0 Å². The normalized spacial score (nSPS) is 33.2. The number of hydrogen-bond donors (Lipinski definition) is 2. The first-order chi connectivity index (χ1) is 7.69. The minimum Gasteiger partial charge on any atom is -0.480 e. The number of piperidine rings is 1. The van der Waals surface area contributed by atoms with Crippen LogP contribution < -0.4 is 5.32 Å². The molecule has 1 aliphatic carbocycles. The number of rotatable bonds is 1. The fourth-order valence-corrected chi connectivity index (χ4v) is 2.73. The van der Waals surface area contributed by atoms with Crippen LogP contribution in [0.4, 0.5) is 0 Å². The Morgan fingerprint density at radius 1 is 1.25 bits per heavy atom. The lowest BCUT2D eigenvalue weighted by atomic mass is 9.74. The van der Waals surface area contributed by atoms with Crippen LogP contribution >= 0.6 is 23.7 Å². The largest absolute Gasteiger partial charge is 0.480 e. The highest BCUT2D eigenvalue weighted by Gasteiger charge is 2.34. The maximum Gasteiger partial charge on any atom is 0.320 e. The summed E-state index contributed by atoms with van der Waals surface area (Å²) in [5.74, 6) is 0.754. The van der Waals surface area contributed by atoms with E-state index in [1.54, 1.807) is 0 Å². The third kappa shape index (κ3) is 4.09. The van der Waals surface area contributed by atoms with Crippen LogP contribution in [-0.4, -0.2) is 23.7 Å². The van der Waals surface area contributed by atoms with Gasteiger partial charge in [-0.05, 0) is 31.2 Å². The summed E-state index contributed by atoms with van der Waals surface area (Å²) in [5, 5.41) is 12.0. The van der Waals surface area contributed by atoms with E-state index in [1.165, 1.54) is 25.7 Å². The lowest BCUT2D eigenvalue weighted by Crippen LogP contribution is -2.48. The monoisotopic (exact) mass is 269 g/mol. The number of fused-ring (bicyclic) bond motifs is 1. The third-order valence-corrected chi connectivity index (χ3v) is 3.53. The molecule has 94 valence electrons. The standard InChI is InChI=1S/C10H17NO2.Cl2O/c12-10(13)9-5-7-3-1-2-4-8(7)6-11-9;1-3-2/h7-9,11H,1-6H2,(H,12,13);. The fourth-order valence-electron chi connectivity index (χ4n) is 2.73. The molecule has 2 N–H and O–H groups in total. The van der Waals surface area contributed by atoms with Crippen LogP contribution in [0.2, 0.25) is 0 Å². The van der Waals surface area contributed by atoms with Gasteiger partial charge in [0.1, 0.15) is 6.04 Å². The Bertz CT molecular complexity index is 228. The van der Waals surface area contributed by atoms with Crippen molar-refractivity contribution in [2.75, 3.05) is 6.54 Å². The first-order valence-electron chi connectivity index (χ1n) is 5.54. The molecule has 1 heterocycles. The minimum atomic E-state index is -0.677. The summed E-state index contributed by atoms with van der Waals surface area (Å²) < 4.78 is 3.19. The molecule has 0 amide bonds. The van der Waals surface area contributed by atoms with Crippen molar-refractivity contribution in [2.24, 2.45) is 11.8 Å². The maximum atomic E-state index is 10.8. The lowest BCUT2D eigenvalue weighted by Gasteiger charge is -2.38. The Morgan fingerprint density at radius 3 is 2.38 bits per heavy atom. The molecule has 6 heteroatoms. The molecule has 2 rings (SSSR count). The topological polar surface area (TPSA) is 58.6 Å². The van der Waals surface area contributed by atoms with Gasteiger partial charge in [-0.3, -0.25) is 4.79 Å². The number of nitrogens with one attached hydrogen (secondary N) is 1. The van der Waals surface area contributed by atoms with Crippen LogP contribution in [0, 0.1) is 11.8 Å². The maximum absolute atomic E-state index is 10.8. The van der Waals surface area contributed by atoms with Gasteiger partial charge in [0.25, 0.3) is 0 Å². The molecule has 2 aliphatic rings. The Kier molecular flexibility index (Phi) is 6.43. The predicted molar refractivity (Wildman–Crippen MR) is 62.3 cm³/mol. The molecule has 0 aromatic carbocycles. The zero-order valence-corrected chi connectivity index (χ0v) is 10.5. The molecule has 0 spiro atoms. The molecule has 0 aromatic rings. The summed E-state index contributed by atoms with van der Waals surface area (Å²) in [6.45, 7) is 0.918. The van der Waals surface area contributed by atoms with Crippen molar-refractivity contribution in [1.29, 1.82) is 0 Å². The summed E-state index contributed by atoms with van der Waals surface area (Å²) in [6.07, 6.45) is 6.02. The average molecular weight is 270 g/mol. The molecule has 0 bridgehead atoms. The molecule has 3 atom stereocenters. The molecular weight excluding hydrogens is 253 g/mol. The smallest absolute Gasteiger partial charge is 0.320 e. The Labute approximate surface area is 106 Å². The van der Waals surface area contributed by atoms with Crippen molar-refractivity contribution in [3.63, 3.8) is 0 Å². The number of carbonyl (C=O) groups is 1. The summed E-state index contributed by atoms with van der Waals surface area (Å²) in [5.41, 5.74) is 0. The molecule has 4 nitrogen and oxygen atoms in total. The Hall–Kier alpha value is -0.0300. The highest BCUT2D eigenvalue weighted by atomic mass is 35.6. The Balaban J connectivity index is 0.000000386. The van der Waals surface area contributed by atoms with Crippen molar-refractivity contribution in [3.8, 4) is 0 Å². The number of hydrogen-bond acceptors (Lipinski definition) is 3. The van der Waals surface area contributed by atoms with Crippen LogP contribution in [0.5, 0.6) is 0 Å². The second-order valence-electron chi connectivity index (χ2n) is 4.40. The lowest BCUT2D eigenvalue weighted by molar-refractivity contribution is -0.141. The highest BCUT2D eigenvalue weighted by Crippen LogP contribution is 2.35. The SMILES string of the molecule is ClOCl.O=C(O)C1CC2CCCCC2CN1. The van der Waals surface area contributed by atoms with Crippen molar-refractivity contribution >= 4 is 29.7 Å². The second kappa shape index (κ2) is 7.33. The average Bonchev–Trinajstić information content (AvgIpc) is 2.29. The van der Waals surface area contributed by atoms with Crippen molar-refractivity contribution in [1.82, 2.24) is 5.32 Å². The van der Waals surface area contributed by atoms with E-state index in [4.69, 9.17) is 5.11 Å². The van der Waals surface area contributed by atoms with Gasteiger partial charge in [-0.2, -0.15) is 3.84 Å². The van der Waals surface area contributed by atoms with E-state index in [2.05, 4.69) is 32.9 Å². The second-order valence-corrected chi connectivity index (χ2v) is 4.86. The quantitative estimate of drug-likeness (QED) is 0.768. The van der Waals surface area contributed by atoms with Gasteiger partial charge < -0.3 is 10.4 Å². The highest BCUT2D eigenvalue weighted by molar-refractivity contribution is 6.24. The number of aliphatic carboxylic acids is 1. The van der Waals surface area contributed by atoms with Crippen molar-refractivity contribution in [3.05, 3.63) is 0 Å². The minimum absolute atomic E-state index is 0.278. The molecule has 0 radical (unpaired) electrons. The van der Waals surface area contributed by atoms with E-state index in [0.717, 1.165) is 18.9 Å². The molecule has 0 aromatic heterocycles. The van der Waals surface area contributed by atoms with Gasteiger partial charge in [0, 0.05) is 0 Å². The predicted octanol–water partition coefficient (Wildman–Crippen LogP) is 2.55. The van der Waals surface area contributed by atoms with E-state index >= 15 is 0 Å². The van der Waals surface area contributed by atoms with Crippen LogP contribution in [-0.2, 0) is 8.64 Å². The van der Waals surface area contributed by atoms with Gasteiger partial charge in [-0.15, -0.1) is 0 Å². The van der Waals surface area contributed by atoms with Crippen LogP contribution in [0.25, 0.3) is 0 Å². The zero-order valence-electron chi connectivity index (χ0n) is 8.99. The summed E-state index contributed by atoms with van der Waals surface area (Å²) in [4.78, 5) is 10.8. The summed E-state index contributed by atoms with van der Waals surface area (Å²) in [6, 6.07) is -0.278. The third-order valence-electron chi connectivity index (χ3n) is 3.53. The number of halogens is 2. The Morgan fingerprint density at radius 2 is 1.81 bits per heavy atom. The number of carboxylic acids is 1. The molecule has 1 aliphatic heterocycles. The van der Waals surface area contributed by atoms with E-state index in [0.29, 0.717) is 5.92 Å². The fraction of sp³-hybridized carbons (Fsp3) is 0.900. The van der Waals surface area contributed by atoms with Crippen molar-refractivity contribution in [2.45, 2.75) is 38.1 Å².